The minimum atomic E-state index is -5.40. The van der Waals surface area contributed by atoms with Crippen LogP contribution in [0.3, 0.4) is 0 Å². The van der Waals surface area contributed by atoms with E-state index in [1.54, 1.807) is 0 Å². The molecule has 108 valence electrons. The fourth-order valence-electron chi connectivity index (χ4n) is 1.32. The Labute approximate surface area is 154 Å². The molecule has 0 spiro atoms. The van der Waals surface area contributed by atoms with Crippen LogP contribution in [0.2, 0.25) is 0 Å². The molecule has 0 amide bonds. The molecule has 0 fully saturated rings. The van der Waals surface area contributed by atoms with E-state index in [2.05, 4.69) is 9.47 Å². The van der Waals surface area contributed by atoms with Crippen molar-refractivity contribution in [3.05, 3.63) is 18.2 Å². The van der Waals surface area contributed by atoms with E-state index in [0.29, 0.717) is 6.07 Å². The van der Waals surface area contributed by atoms with E-state index in [4.69, 9.17) is 0 Å². The first-order chi connectivity index (χ1) is 8.63. The normalized spacial score (nSPS) is 11.8. The number of ether oxygens (including phenoxy) is 2. The van der Waals surface area contributed by atoms with Crippen LogP contribution in [-0.2, 0) is 0 Å². The zero-order valence-electron chi connectivity index (χ0n) is 10.8. The van der Waals surface area contributed by atoms with Crippen LogP contribution in [0.25, 0.3) is 0 Å². The summed E-state index contributed by atoms with van der Waals surface area (Å²) in [6, 6.07) is 2.83. The molecule has 1 rings (SSSR count). The van der Waals surface area contributed by atoms with Crippen LogP contribution in [0.4, 0.5) is 26.1 Å². The van der Waals surface area contributed by atoms with Crippen LogP contribution < -0.4 is 66.3 Å². The first-order valence-electron chi connectivity index (χ1n) is 5.21. The fourth-order valence-corrected chi connectivity index (χ4v) is 1.32. The standard InChI is InChI=1S/C10H10BF6O2.K/c1-18-7-2-3-9(8(6-7)11(15,16)17)19-5-4-10(12,13)14;/h2-3,6H,4-5H2,1H3;/q-1;+1. The third kappa shape index (κ3) is 6.70. The largest absolute Gasteiger partial charge is 1.00 e. The zero-order chi connectivity index (χ0) is 14.7. The van der Waals surface area contributed by atoms with Gasteiger partial charge in [-0.2, -0.15) is 13.2 Å². The zero-order valence-corrected chi connectivity index (χ0v) is 13.9. The van der Waals surface area contributed by atoms with Gasteiger partial charge in [0.2, 0.25) is 0 Å². The first-order valence-corrected chi connectivity index (χ1v) is 5.21. The molecule has 0 radical (unpaired) electrons. The number of methoxy groups -OCH3 is 1. The SMILES string of the molecule is COc1ccc(OCCC(F)(F)F)c([B-](F)(F)F)c1.[K+]. The van der Waals surface area contributed by atoms with E-state index < -0.39 is 37.4 Å². The van der Waals surface area contributed by atoms with Crippen molar-refractivity contribution >= 4 is 12.4 Å². The monoisotopic (exact) mass is 326 g/mol. The van der Waals surface area contributed by atoms with E-state index in [1.165, 1.54) is 13.2 Å². The summed E-state index contributed by atoms with van der Waals surface area (Å²) in [5.41, 5.74) is -1.11. The molecule has 1 aromatic rings. The molecule has 0 aliphatic carbocycles. The van der Waals surface area contributed by atoms with E-state index in [9.17, 15) is 26.1 Å². The van der Waals surface area contributed by atoms with Gasteiger partial charge in [-0.25, -0.2) is 0 Å². The van der Waals surface area contributed by atoms with Gasteiger partial charge in [0, 0.05) is 0 Å². The Morgan fingerprint density at radius 3 is 2.20 bits per heavy atom. The molecule has 0 aromatic heterocycles. The van der Waals surface area contributed by atoms with E-state index in [-0.39, 0.29) is 57.1 Å². The molecular formula is C10H10BF6KO2. The van der Waals surface area contributed by atoms with Crippen LogP contribution in [-0.4, -0.2) is 26.9 Å². The fraction of sp³-hybridized carbons (Fsp3) is 0.400. The Morgan fingerprint density at radius 2 is 1.75 bits per heavy atom. The molecule has 0 saturated heterocycles. The predicted octanol–water partition coefficient (Wildman–Crippen LogP) is 0.0848. The Morgan fingerprint density at radius 1 is 1.15 bits per heavy atom. The van der Waals surface area contributed by atoms with E-state index >= 15 is 0 Å². The molecule has 20 heavy (non-hydrogen) atoms. The van der Waals surface area contributed by atoms with Gasteiger partial charge in [-0.15, -0.1) is 0 Å². The number of rotatable bonds is 5. The molecular weight excluding hydrogens is 316 g/mol. The number of benzene rings is 1. The van der Waals surface area contributed by atoms with Crippen LogP contribution in [0.1, 0.15) is 6.42 Å². The van der Waals surface area contributed by atoms with Gasteiger partial charge in [0.25, 0.3) is 0 Å². The molecule has 10 heteroatoms. The van der Waals surface area contributed by atoms with Gasteiger partial charge >= 0.3 is 64.5 Å². The summed E-state index contributed by atoms with van der Waals surface area (Å²) in [5.74, 6) is -0.671. The maximum absolute atomic E-state index is 12.7. The van der Waals surface area contributed by atoms with Crippen molar-refractivity contribution in [1.82, 2.24) is 0 Å². The summed E-state index contributed by atoms with van der Waals surface area (Å²) in [4.78, 5) is 0. The second-order valence-corrected chi connectivity index (χ2v) is 3.69. The molecule has 0 aliphatic rings. The summed E-state index contributed by atoms with van der Waals surface area (Å²) >= 11 is 0. The minimum Gasteiger partial charge on any atom is -0.497 e. The van der Waals surface area contributed by atoms with Crippen molar-refractivity contribution in [2.75, 3.05) is 13.7 Å². The van der Waals surface area contributed by atoms with Crippen molar-refractivity contribution in [2.24, 2.45) is 0 Å². The van der Waals surface area contributed by atoms with Crippen molar-refractivity contribution in [2.45, 2.75) is 12.6 Å². The summed E-state index contributed by atoms with van der Waals surface area (Å²) in [6.07, 6.45) is -5.79. The third-order valence-electron chi connectivity index (χ3n) is 2.21. The van der Waals surface area contributed by atoms with Gasteiger partial charge in [-0.1, -0.05) is 5.46 Å². The summed E-state index contributed by atoms with van der Waals surface area (Å²) < 4.78 is 83.1. The Balaban J connectivity index is 0.00000361. The smallest absolute Gasteiger partial charge is 0.497 e. The molecule has 0 heterocycles. The van der Waals surface area contributed by atoms with Crippen LogP contribution in [0.5, 0.6) is 11.5 Å². The molecule has 0 unspecified atom stereocenters. The molecule has 0 aliphatic heterocycles. The maximum atomic E-state index is 12.7. The average molecular weight is 326 g/mol. The number of halogens is 6. The number of alkyl halides is 3. The van der Waals surface area contributed by atoms with Gasteiger partial charge in [-0.05, 0) is 18.2 Å². The quantitative estimate of drug-likeness (QED) is 0.564. The number of hydrogen-bond donors (Lipinski definition) is 0. The van der Waals surface area contributed by atoms with Crippen LogP contribution >= 0.6 is 0 Å². The topological polar surface area (TPSA) is 18.5 Å². The predicted molar refractivity (Wildman–Crippen MR) is 57.9 cm³/mol. The van der Waals surface area contributed by atoms with Crippen molar-refractivity contribution in [3.63, 3.8) is 0 Å². The van der Waals surface area contributed by atoms with Crippen molar-refractivity contribution in [3.8, 4) is 11.5 Å². The van der Waals surface area contributed by atoms with Gasteiger partial charge in [0.15, 0.2) is 0 Å². The van der Waals surface area contributed by atoms with Gasteiger partial charge < -0.3 is 22.4 Å². The Bertz CT molecular complexity index is 435. The van der Waals surface area contributed by atoms with Crippen molar-refractivity contribution in [1.29, 1.82) is 0 Å². The van der Waals surface area contributed by atoms with Crippen molar-refractivity contribution < 1.29 is 87.0 Å². The minimum absolute atomic E-state index is 0. The molecule has 0 saturated carbocycles. The molecule has 0 bridgehead atoms. The summed E-state index contributed by atoms with van der Waals surface area (Å²) in [7, 11) is 1.19. The average Bonchev–Trinajstić information content (AvgIpc) is 2.26. The molecule has 1 aromatic carbocycles. The number of hydrogen-bond acceptors (Lipinski definition) is 2. The van der Waals surface area contributed by atoms with Gasteiger partial charge in [0.1, 0.15) is 5.75 Å². The second kappa shape index (κ2) is 7.93. The van der Waals surface area contributed by atoms with Gasteiger partial charge in [0.05, 0.1) is 25.9 Å². The van der Waals surface area contributed by atoms with E-state index in [0.717, 1.165) is 6.07 Å². The van der Waals surface area contributed by atoms with Crippen LogP contribution in [0.15, 0.2) is 18.2 Å². The summed E-state index contributed by atoms with van der Waals surface area (Å²) in [5, 5.41) is 0. The molecule has 0 N–H and O–H groups in total. The third-order valence-corrected chi connectivity index (χ3v) is 2.21. The maximum Gasteiger partial charge on any atom is 1.00 e. The van der Waals surface area contributed by atoms with Gasteiger partial charge in [-0.3, -0.25) is 0 Å². The van der Waals surface area contributed by atoms with Crippen LogP contribution in [0, 0.1) is 0 Å². The second-order valence-electron chi connectivity index (χ2n) is 3.69. The Kier molecular flexibility index (Phi) is 7.97. The summed E-state index contributed by atoms with van der Waals surface area (Å²) in [6.45, 7) is -6.26. The molecule has 0 atom stereocenters. The van der Waals surface area contributed by atoms with E-state index in [1.807, 2.05) is 0 Å². The molecule has 2 nitrogen and oxygen atoms in total. The Hall–Kier alpha value is 0.101. The first kappa shape index (κ1) is 20.1.